The van der Waals surface area contributed by atoms with Crippen LogP contribution < -0.4 is 0 Å². The Labute approximate surface area is 127 Å². The summed E-state index contributed by atoms with van der Waals surface area (Å²) < 4.78 is 1.56. The van der Waals surface area contributed by atoms with E-state index in [2.05, 4.69) is 15.1 Å². The Hall–Kier alpha value is -1.95. The van der Waals surface area contributed by atoms with Crippen molar-refractivity contribution in [2.75, 3.05) is 13.1 Å². The molecule has 1 aliphatic rings. The molecule has 0 N–H and O–H groups in total. The summed E-state index contributed by atoms with van der Waals surface area (Å²) in [5.74, 6) is 0.132. The molecule has 0 unspecified atom stereocenters. The molecule has 1 fully saturated rings. The van der Waals surface area contributed by atoms with Crippen LogP contribution in [0.3, 0.4) is 0 Å². The molecule has 0 radical (unpaired) electrons. The molecule has 0 aliphatic carbocycles. The zero-order chi connectivity index (χ0) is 14.8. The van der Waals surface area contributed by atoms with Crippen molar-refractivity contribution in [1.29, 1.82) is 0 Å². The van der Waals surface area contributed by atoms with Gasteiger partial charge in [-0.15, -0.1) is 0 Å². The molecule has 3 heterocycles. The first-order valence-electron chi connectivity index (χ1n) is 6.89. The number of carbonyl (C=O) groups excluding carboxylic acids is 1. The Bertz CT molecular complexity index is 642. The molecule has 0 bridgehead atoms. The number of aromatic nitrogens is 4. The molecule has 1 amide bonds. The molecule has 2 aromatic rings. The molecular formula is C14H16ClN5O. The van der Waals surface area contributed by atoms with Crippen LogP contribution in [0.2, 0.25) is 5.02 Å². The molecule has 1 aliphatic heterocycles. The third-order valence-electron chi connectivity index (χ3n) is 3.72. The molecule has 0 spiro atoms. The minimum Gasteiger partial charge on any atom is -0.337 e. The molecule has 1 atom stereocenters. The number of hydrogen-bond acceptors (Lipinski definition) is 4. The topological polar surface area (TPSA) is 63.9 Å². The van der Waals surface area contributed by atoms with Crippen LogP contribution in [0.25, 0.3) is 0 Å². The summed E-state index contributed by atoms with van der Waals surface area (Å²) in [6.45, 7) is 1.37. The van der Waals surface area contributed by atoms with Gasteiger partial charge in [-0.1, -0.05) is 11.6 Å². The highest BCUT2D eigenvalue weighted by Gasteiger charge is 2.28. The highest BCUT2D eigenvalue weighted by Crippen LogP contribution is 2.27. The van der Waals surface area contributed by atoms with Crippen molar-refractivity contribution in [3.63, 3.8) is 0 Å². The summed E-state index contributed by atoms with van der Waals surface area (Å²) in [4.78, 5) is 22.6. The van der Waals surface area contributed by atoms with E-state index >= 15 is 0 Å². The number of halogens is 1. The van der Waals surface area contributed by atoms with Crippen LogP contribution in [-0.4, -0.2) is 43.6 Å². The monoisotopic (exact) mass is 305 g/mol. The van der Waals surface area contributed by atoms with E-state index in [1.165, 1.54) is 0 Å². The first kappa shape index (κ1) is 14.0. The Morgan fingerprint density at radius 2 is 2.33 bits per heavy atom. The summed E-state index contributed by atoms with van der Waals surface area (Å²) in [6.07, 6.45) is 6.90. The van der Waals surface area contributed by atoms with Crippen LogP contribution in [0, 0.1) is 0 Å². The molecule has 2 aromatic heterocycles. The number of aryl methyl sites for hydroxylation is 1. The van der Waals surface area contributed by atoms with Crippen LogP contribution in [0.15, 0.2) is 24.8 Å². The normalized spacial score (nSPS) is 18.8. The van der Waals surface area contributed by atoms with Crippen LogP contribution in [0.4, 0.5) is 0 Å². The first-order chi connectivity index (χ1) is 10.1. The lowest BCUT2D eigenvalue weighted by atomic mass is 9.94. The van der Waals surface area contributed by atoms with Gasteiger partial charge >= 0.3 is 0 Å². The highest BCUT2D eigenvalue weighted by molar-refractivity contribution is 6.33. The molecule has 6 nitrogen and oxygen atoms in total. The van der Waals surface area contributed by atoms with E-state index in [4.69, 9.17) is 11.6 Å². The van der Waals surface area contributed by atoms with E-state index < -0.39 is 0 Å². The van der Waals surface area contributed by atoms with Gasteiger partial charge in [0.05, 0.1) is 5.02 Å². The molecule has 0 aromatic carbocycles. The first-order valence-corrected chi connectivity index (χ1v) is 7.27. The van der Waals surface area contributed by atoms with E-state index in [-0.39, 0.29) is 11.8 Å². The number of nitrogens with zero attached hydrogens (tertiary/aromatic N) is 5. The quantitative estimate of drug-likeness (QED) is 0.850. The Kier molecular flexibility index (Phi) is 3.88. The fourth-order valence-electron chi connectivity index (χ4n) is 2.70. The summed E-state index contributed by atoms with van der Waals surface area (Å²) in [7, 11) is 1.75. The standard InChI is InChI=1S/C14H16ClN5O/c1-19-8-11(15)13(18-19)14(21)20-6-2-3-10(7-20)12-4-5-16-9-17-12/h4-5,8-10H,2-3,6-7H2,1H3/t10-/m0/s1. The average Bonchev–Trinajstić information content (AvgIpc) is 2.86. The van der Waals surface area contributed by atoms with Crippen molar-refractivity contribution in [3.05, 3.63) is 41.2 Å². The smallest absolute Gasteiger partial charge is 0.275 e. The predicted molar refractivity (Wildman–Crippen MR) is 78.1 cm³/mol. The maximum Gasteiger partial charge on any atom is 0.275 e. The summed E-state index contributed by atoms with van der Waals surface area (Å²) >= 11 is 6.06. The summed E-state index contributed by atoms with van der Waals surface area (Å²) in [5.41, 5.74) is 1.30. The second-order valence-electron chi connectivity index (χ2n) is 5.22. The number of piperidine rings is 1. The van der Waals surface area contributed by atoms with Gasteiger partial charge in [0.15, 0.2) is 5.69 Å². The van der Waals surface area contributed by atoms with Gasteiger partial charge in [0.1, 0.15) is 6.33 Å². The lowest BCUT2D eigenvalue weighted by Gasteiger charge is -2.32. The largest absolute Gasteiger partial charge is 0.337 e. The summed E-state index contributed by atoms with van der Waals surface area (Å²) in [5, 5.41) is 4.55. The zero-order valence-corrected chi connectivity index (χ0v) is 12.5. The van der Waals surface area contributed by atoms with E-state index in [0.717, 1.165) is 25.1 Å². The van der Waals surface area contributed by atoms with Gasteiger partial charge in [-0.05, 0) is 18.9 Å². The number of amides is 1. The third kappa shape index (κ3) is 2.90. The third-order valence-corrected chi connectivity index (χ3v) is 4.00. The highest BCUT2D eigenvalue weighted by atomic mass is 35.5. The number of carbonyl (C=O) groups is 1. The zero-order valence-electron chi connectivity index (χ0n) is 11.7. The fraction of sp³-hybridized carbons (Fsp3) is 0.429. The maximum absolute atomic E-state index is 12.5. The predicted octanol–water partition coefficient (Wildman–Crippen LogP) is 1.88. The van der Waals surface area contributed by atoms with Gasteiger partial charge in [-0.25, -0.2) is 9.97 Å². The summed E-state index contributed by atoms with van der Waals surface area (Å²) in [6, 6.07) is 1.91. The van der Waals surface area contributed by atoms with Crippen molar-refractivity contribution in [2.24, 2.45) is 7.05 Å². The molecule has 7 heteroatoms. The second-order valence-corrected chi connectivity index (χ2v) is 5.63. The Morgan fingerprint density at radius 1 is 1.48 bits per heavy atom. The molecule has 21 heavy (non-hydrogen) atoms. The van der Waals surface area contributed by atoms with E-state index in [1.807, 2.05) is 11.0 Å². The van der Waals surface area contributed by atoms with Crippen molar-refractivity contribution in [3.8, 4) is 0 Å². The molecule has 3 rings (SSSR count). The SMILES string of the molecule is Cn1cc(Cl)c(C(=O)N2CCC[C@H](c3ccncn3)C2)n1. The fourth-order valence-corrected chi connectivity index (χ4v) is 2.96. The number of hydrogen-bond donors (Lipinski definition) is 0. The Balaban J connectivity index is 1.77. The van der Waals surface area contributed by atoms with E-state index in [9.17, 15) is 4.79 Å². The van der Waals surface area contributed by atoms with Crippen LogP contribution in [0.5, 0.6) is 0 Å². The van der Waals surface area contributed by atoms with E-state index in [1.54, 1.807) is 30.5 Å². The van der Waals surface area contributed by atoms with Gasteiger partial charge in [0, 0.05) is 44.1 Å². The molecule has 110 valence electrons. The number of rotatable bonds is 2. The van der Waals surface area contributed by atoms with Crippen molar-refractivity contribution in [2.45, 2.75) is 18.8 Å². The van der Waals surface area contributed by atoms with Gasteiger partial charge < -0.3 is 4.90 Å². The van der Waals surface area contributed by atoms with Gasteiger partial charge in [-0.2, -0.15) is 5.10 Å². The van der Waals surface area contributed by atoms with Crippen LogP contribution >= 0.6 is 11.6 Å². The lowest BCUT2D eigenvalue weighted by Crippen LogP contribution is -2.39. The van der Waals surface area contributed by atoms with Crippen LogP contribution in [-0.2, 0) is 7.05 Å². The van der Waals surface area contributed by atoms with Crippen LogP contribution in [0.1, 0.15) is 34.9 Å². The van der Waals surface area contributed by atoms with E-state index in [0.29, 0.717) is 17.3 Å². The minimum atomic E-state index is -0.112. The second kappa shape index (κ2) is 5.81. The van der Waals surface area contributed by atoms with Crippen molar-refractivity contribution >= 4 is 17.5 Å². The lowest BCUT2D eigenvalue weighted by molar-refractivity contribution is 0.0699. The molecule has 0 saturated carbocycles. The Morgan fingerprint density at radius 3 is 3.00 bits per heavy atom. The van der Waals surface area contributed by atoms with Gasteiger partial charge in [0.2, 0.25) is 0 Å². The average molecular weight is 306 g/mol. The molecule has 1 saturated heterocycles. The number of likely N-dealkylation sites (tertiary alicyclic amines) is 1. The minimum absolute atomic E-state index is 0.112. The molecular weight excluding hydrogens is 290 g/mol. The van der Waals surface area contributed by atoms with Gasteiger partial charge in [0.25, 0.3) is 5.91 Å². The van der Waals surface area contributed by atoms with Crippen molar-refractivity contribution < 1.29 is 4.79 Å². The maximum atomic E-state index is 12.5. The van der Waals surface area contributed by atoms with Gasteiger partial charge in [-0.3, -0.25) is 9.48 Å². The van der Waals surface area contributed by atoms with Crippen molar-refractivity contribution in [1.82, 2.24) is 24.6 Å².